The second kappa shape index (κ2) is 7.20. The fourth-order valence-corrected chi connectivity index (χ4v) is 2.78. The van der Waals surface area contributed by atoms with E-state index in [2.05, 4.69) is 19.2 Å². The lowest BCUT2D eigenvalue weighted by atomic mass is 9.91. The van der Waals surface area contributed by atoms with Gasteiger partial charge in [0.2, 0.25) is 0 Å². The molecule has 1 amide bonds. The summed E-state index contributed by atoms with van der Waals surface area (Å²) in [6.45, 7) is 5.91. The Balaban J connectivity index is 2.01. The van der Waals surface area contributed by atoms with Gasteiger partial charge in [0.25, 0.3) is 5.91 Å². The summed E-state index contributed by atoms with van der Waals surface area (Å²) in [5.41, 5.74) is -0.895. The molecule has 0 saturated carbocycles. The van der Waals surface area contributed by atoms with E-state index in [1.165, 1.54) is 6.07 Å². The third kappa shape index (κ3) is 4.05. The van der Waals surface area contributed by atoms with Gasteiger partial charge in [-0.1, -0.05) is 32.0 Å². The van der Waals surface area contributed by atoms with Crippen LogP contribution in [-0.4, -0.2) is 41.1 Å². The molecule has 5 heteroatoms. The smallest absolute Gasteiger partial charge is 0.256 e. The number of nitrogens with zero attached hydrogens (tertiary/aromatic N) is 1. The minimum atomic E-state index is -1.38. The fraction of sp³-hybridized carbons (Fsp3) is 0.588. The van der Waals surface area contributed by atoms with E-state index in [4.69, 9.17) is 0 Å². The van der Waals surface area contributed by atoms with Gasteiger partial charge in [-0.15, -0.1) is 0 Å². The standard InChI is InChI=1S/C17H25FN2O2/c1-13(2)10-19-12-17(22)8-5-9-20(16(17)21)11-14-6-3-4-7-15(14)18/h3-4,6-7,13,19,22H,5,8-12H2,1-2H3/t17-/m0/s1. The number of piperidine rings is 1. The number of carbonyl (C=O) groups is 1. The fourth-order valence-electron chi connectivity index (χ4n) is 2.78. The van der Waals surface area contributed by atoms with Crippen LogP contribution in [0.2, 0.25) is 0 Å². The SMILES string of the molecule is CC(C)CNC[C@@]1(O)CCCN(Cc2ccccc2F)C1=O. The van der Waals surface area contributed by atoms with Gasteiger partial charge in [-0.05, 0) is 31.4 Å². The van der Waals surface area contributed by atoms with E-state index < -0.39 is 5.60 Å². The normalized spacial score (nSPS) is 22.4. The van der Waals surface area contributed by atoms with Crippen LogP contribution in [0, 0.1) is 11.7 Å². The zero-order valence-corrected chi connectivity index (χ0v) is 13.3. The third-order valence-corrected chi connectivity index (χ3v) is 3.99. The maximum absolute atomic E-state index is 13.7. The lowest BCUT2D eigenvalue weighted by Crippen LogP contribution is -2.58. The van der Waals surface area contributed by atoms with Crippen molar-refractivity contribution in [3.05, 3.63) is 35.6 Å². The number of likely N-dealkylation sites (tertiary alicyclic amines) is 1. The predicted molar refractivity (Wildman–Crippen MR) is 83.7 cm³/mol. The number of carbonyl (C=O) groups excluding carboxylic acids is 1. The quantitative estimate of drug-likeness (QED) is 0.844. The topological polar surface area (TPSA) is 52.6 Å². The summed E-state index contributed by atoms with van der Waals surface area (Å²) in [5.74, 6) is -0.169. The summed E-state index contributed by atoms with van der Waals surface area (Å²) < 4.78 is 13.7. The molecule has 1 aliphatic heterocycles. The molecule has 0 radical (unpaired) electrons. The first-order valence-corrected chi connectivity index (χ1v) is 7.88. The summed E-state index contributed by atoms with van der Waals surface area (Å²) in [6.07, 6.45) is 1.17. The van der Waals surface area contributed by atoms with Crippen LogP contribution in [0.3, 0.4) is 0 Å². The molecular weight excluding hydrogens is 283 g/mol. The highest BCUT2D eigenvalue weighted by Crippen LogP contribution is 2.24. The van der Waals surface area contributed by atoms with E-state index in [1.807, 2.05) is 0 Å². The van der Waals surface area contributed by atoms with Gasteiger partial charge >= 0.3 is 0 Å². The van der Waals surface area contributed by atoms with Gasteiger partial charge in [0.1, 0.15) is 5.82 Å². The number of aliphatic hydroxyl groups is 1. The summed E-state index contributed by atoms with van der Waals surface area (Å²) in [7, 11) is 0. The van der Waals surface area contributed by atoms with Crippen molar-refractivity contribution >= 4 is 5.91 Å². The Morgan fingerprint density at radius 3 is 2.82 bits per heavy atom. The van der Waals surface area contributed by atoms with Crippen LogP contribution in [0.15, 0.2) is 24.3 Å². The molecule has 0 aromatic heterocycles. The summed E-state index contributed by atoms with van der Waals surface area (Å²) in [4.78, 5) is 14.1. The summed E-state index contributed by atoms with van der Waals surface area (Å²) >= 11 is 0. The lowest BCUT2D eigenvalue weighted by Gasteiger charge is -2.38. The van der Waals surface area contributed by atoms with Gasteiger partial charge < -0.3 is 15.3 Å². The Bertz CT molecular complexity index is 521. The predicted octanol–water partition coefficient (Wildman–Crippen LogP) is 1.92. The first kappa shape index (κ1) is 16.9. The molecule has 0 unspecified atom stereocenters. The largest absolute Gasteiger partial charge is 0.379 e. The first-order chi connectivity index (χ1) is 10.4. The van der Waals surface area contributed by atoms with Gasteiger partial charge in [-0.25, -0.2) is 4.39 Å². The van der Waals surface area contributed by atoms with Crippen molar-refractivity contribution in [2.45, 2.75) is 38.8 Å². The van der Waals surface area contributed by atoms with Gasteiger partial charge in [0.15, 0.2) is 5.60 Å². The molecular formula is C17H25FN2O2. The van der Waals surface area contributed by atoms with Gasteiger partial charge in [0.05, 0.1) is 0 Å². The number of benzene rings is 1. The van der Waals surface area contributed by atoms with Gasteiger partial charge in [-0.2, -0.15) is 0 Å². The summed E-state index contributed by atoms with van der Waals surface area (Å²) in [6, 6.07) is 6.44. The van der Waals surface area contributed by atoms with Crippen molar-refractivity contribution < 1.29 is 14.3 Å². The van der Waals surface area contributed by atoms with Crippen molar-refractivity contribution in [3.63, 3.8) is 0 Å². The van der Waals surface area contributed by atoms with Crippen molar-refractivity contribution in [1.29, 1.82) is 0 Å². The number of amides is 1. The lowest BCUT2D eigenvalue weighted by molar-refractivity contribution is -0.157. The second-order valence-corrected chi connectivity index (χ2v) is 6.48. The second-order valence-electron chi connectivity index (χ2n) is 6.48. The van der Waals surface area contributed by atoms with Crippen LogP contribution < -0.4 is 5.32 Å². The third-order valence-electron chi connectivity index (χ3n) is 3.99. The van der Waals surface area contributed by atoms with E-state index in [-0.39, 0.29) is 24.8 Å². The first-order valence-electron chi connectivity index (χ1n) is 7.88. The zero-order valence-electron chi connectivity index (χ0n) is 13.3. The minimum Gasteiger partial charge on any atom is -0.379 e. The van der Waals surface area contributed by atoms with Crippen LogP contribution in [0.25, 0.3) is 0 Å². The maximum atomic E-state index is 13.7. The number of rotatable bonds is 6. The Morgan fingerprint density at radius 1 is 1.41 bits per heavy atom. The van der Waals surface area contributed by atoms with Gasteiger partial charge in [-0.3, -0.25) is 4.79 Å². The van der Waals surface area contributed by atoms with Crippen molar-refractivity contribution in [2.24, 2.45) is 5.92 Å². The monoisotopic (exact) mass is 308 g/mol. The van der Waals surface area contributed by atoms with Crippen molar-refractivity contribution in [3.8, 4) is 0 Å². The molecule has 0 spiro atoms. The number of hydrogen-bond donors (Lipinski definition) is 2. The molecule has 4 nitrogen and oxygen atoms in total. The molecule has 2 N–H and O–H groups in total. The average molecular weight is 308 g/mol. The van der Waals surface area contributed by atoms with E-state index >= 15 is 0 Å². The number of nitrogens with one attached hydrogen (secondary N) is 1. The minimum absolute atomic E-state index is 0.206. The number of halogens is 1. The molecule has 0 aliphatic carbocycles. The van der Waals surface area contributed by atoms with Crippen LogP contribution in [0.5, 0.6) is 0 Å². The molecule has 1 atom stereocenters. The Hall–Kier alpha value is -1.46. The molecule has 1 aromatic carbocycles. The van der Waals surface area contributed by atoms with E-state index in [9.17, 15) is 14.3 Å². The molecule has 22 heavy (non-hydrogen) atoms. The molecule has 1 aliphatic rings. The van der Waals surface area contributed by atoms with Crippen LogP contribution in [0.4, 0.5) is 4.39 Å². The molecule has 1 heterocycles. The molecule has 1 fully saturated rings. The highest BCUT2D eigenvalue weighted by molar-refractivity contribution is 5.86. The Morgan fingerprint density at radius 2 is 2.14 bits per heavy atom. The molecule has 2 rings (SSSR count). The van der Waals surface area contributed by atoms with Crippen molar-refractivity contribution in [1.82, 2.24) is 10.2 Å². The molecule has 0 bridgehead atoms. The maximum Gasteiger partial charge on any atom is 0.256 e. The van der Waals surface area contributed by atoms with E-state index in [1.54, 1.807) is 23.1 Å². The van der Waals surface area contributed by atoms with Crippen LogP contribution >= 0.6 is 0 Å². The molecule has 1 saturated heterocycles. The molecule has 122 valence electrons. The molecule has 1 aromatic rings. The van der Waals surface area contributed by atoms with E-state index in [0.717, 1.165) is 13.0 Å². The van der Waals surface area contributed by atoms with E-state index in [0.29, 0.717) is 24.4 Å². The Labute approximate surface area is 131 Å². The average Bonchev–Trinajstić information content (AvgIpc) is 2.46. The zero-order chi connectivity index (χ0) is 16.2. The van der Waals surface area contributed by atoms with Crippen LogP contribution in [0.1, 0.15) is 32.3 Å². The van der Waals surface area contributed by atoms with Crippen molar-refractivity contribution in [2.75, 3.05) is 19.6 Å². The van der Waals surface area contributed by atoms with Gasteiger partial charge in [0, 0.05) is 25.2 Å². The highest BCUT2D eigenvalue weighted by atomic mass is 19.1. The Kier molecular flexibility index (Phi) is 5.53. The number of hydrogen-bond acceptors (Lipinski definition) is 3. The summed E-state index contributed by atoms with van der Waals surface area (Å²) in [5, 5.41) is 13.8. The highest BCUT2D eigenvalue weighted by Gasteiger charge is 2.41. The van der Waals surface area contributed by atoms with Crippen LogP contribution in [-0.2, 0) is 11.3 Å².